The number of carbonyl (C=O) groups is 2. The van der Waals surface area contributed by atoms with Gasteiger partial charge in [-0.25, -0.2) is 15.0 Å². The summed E-state index contributed by atoms with van der Waals surface area (Å²) in [6.45, 7) is 5.61. The van der Waals surface area contributed by atoms with E-state index in [0.29, 0.717) is 31.0 Å². The number of rotatable bonds is 7. The molecule has 1 aliphatic rings. The molecule has 0 atom stereocenters. The van der Waals surface area contributed by atoms with Gasteiger partial charge in [0.15, 0.2) is 0 Å². The van der Waals surface area contributed by atoms with Gasteiger partial charge in [0.25, 0.3) is 0 Å². The molecule has 0 aliphatic carbocycles. The predicted octanol–water partition coefficient (Wildman–Crippen LogP) is 3.17. The van der Waals surface area contributed by atoms with Crippen molar-refractivity contribution in [3.63, 3.8) is 0 Å². The number of hydrogen-bond donors (Lipinski definition) is 2. The molecule has 1 aliphatic heterocycles. The van der Waals surface area contributed by atoms with Crippen LogP contribution in [0.2, 0.25) is 0 Å². The van der Waals surface area contributed by atoms with Crippen LogP contribution in [0.4, 0.5) is 17.2 Å². The third kappa shape index (κ3) is 4.96. The van der Waals surface area contributed by atoms with Crippen LogP contribution >= 0.6 is 0 Å². The highest BCUT2D eigenvalue weighted by molar-refractivity contribution is 6.01. The smallest absolute Gasteiger partial charge is 0.228 e. The summed E-state index contributed by atoms with van der Waals surface area (Å²) in [7, 11) is 1.67. The third-order valence-corrected chi connectivity index (χ3v) is 4.67. The number of nitrogens with one attached hydrogen (secondary N) is 2. The van der Waals surface area contributed by atoms with E-state index in [-0.39, 0.29) is 5.91 Å². The van der Waals surface area contributed by atoms with E-state index in [0.717, 1.165) is 34.6 Å². The highest BCUT2D eigenvalue weighted by Crippen LogP contribution is 2.26. The minimum Gasteiger partial charge on any atom is -0.326 e. The number of anilines is 3. The van der Waals surface area contributed by atoms with Gasteiger partial charge in [0.2, 0.25) is 18.3 Å². The standard InChI is InChI=1S/C22H24N6O2/c1-4-17(8-7-15-6-5-11-24-21(15)28(3)14-29)25-22(23-2)26-18-9-10-19-16(12-18)13-20(30)27-19/h5-6,8-12,14H,2,4,7,13H2,1,3H3,(H,25,26)(H,27,30)/b17-8+. The lowest BCUT2D eigenvalue weighted by Gasteiger charge is -2.13. The maximum Gasteiger partial charge on any atom is 0.228 e. The summed E-state index contributed by atoms with van der Waals surface area (Å²) in [4.78, 5) is 36.9. The number of guanidine groups is 1. The molecule has 8 nitrogen and oxygen atoms in total. The lowest BCUT2D eigenvalue weighted by molar-refractivity contribution is -0.115. The molecule has 2 amide bonds. The summed E-state index contributed by atoms with van der Waals surface area (Å²) >= 11 is 0. The van der Waals surface area contributed by atoms with Crippen molar-refractivity contribution in [2.75, 3.05) is 22.6 Å². The number of fused-ring (bicyclic) bond motifs is 1. The summed E-state index contributed by atoms with van der Waals surface area (Å²) in [5.41, 5.74) is 4.30. The molecule has 2 heterocycles. The Balaban J connectivity index is 1.77. The number of nitrogens with zero attached hydrogens (tertiary/aromatic N) is 4. The summed E-state index contributed by atoms with van der Waals surface area (Å²) in [5, 5.41) is 5.96. The molecule has 2 N–H and O–H groups in total. The Labute approximate surface area is 175 Å². The maximum atomic E-state index is 11.5. The van der Waals surface area contributed by atoms with Crippen LogP contribution < -0.4 is 15.5 Å². The molecule has 154 valence electrons. The Bertz CT molecular complexity index is 1030. The molecule has 0 fully saturated rings. The first-order valence-corrected chi connectivity index (χ1v) is 9.60. The van der Waals surface area contributed by atoms with Crippen LogP contribution in [-0.2, 0) is 22.4 Å². The number of carbonyl (C=O) groups excluding carboxylic acids is 2. The van der Waals surface area contributed by atoms with Crippen LogP contribution in [0.3, 0.4) is 0 Å². The van der Waals surface area contributed by atoms with Crippen LogP contribution in [0, 0.1) is 0 Å². The molecule has 0 spiro atoms. The Kier molecular flexibility index (Phi) is 6.69. The van der Waals surface area contributed by atoms with Gasteiger partial charge in [0.05, 0.1) is 6.42 Å². The Morgan fingerprint density at radius 2 is 2.23 bits per heavy atom. The number of hydrogen-bond acceptors (Lipinski definition) is 4. The zero-order valence-corrected chi connectivity index (χ0v) is 17.1. The first-order valence-electron chi connectivity index (χ1n) is 9.60. The molecule has 3 rings (SSSR count). The van der Waals surface area contributed by atoms with Crippen LogP contribution in [0.5, 0.6) is 0 Å². The van der Waals surface area contributed by atoms with Gasteiger partial charge in [-0.1, -0.05) is 19.1 Å². The van der Waals surface area contributed by atoms with Gasteiger partial charge in [-0.15, -0.1) is 0 Å². The quantitative estimate of drug-likeness (QED) is 0.421. The third-order valence-electron chi connectivity index (χ3n) is 4.67. The van der Waals surface area contributed by atoms with Crippen molar-refractivity contribution in [2.45, 2.75) is 26.2 Å². The van der Waals surface area contributed by atoms with E-state index in [2.05, 4.69) is 32.3 Å². The van der Waals surface area contributed by atoms with Crippen molar-refractivity contribution in [2.24, 2.45) is 9.98 Å². The van der Waals surface area contributed by atoms with Gasteiger partial charge >= 0.3 is 0 Å². The fraction of sp³-hybridized carbons (Fsp3) is 0.227. The highest BCUT2D eigenvalue weighted by atomic mass is 16.2. The van der Waals surface area contributed by atoms with Gasteiger partial charge in [-0.2, -0.15) is 0 Å². The first-order chi connectivity index (χ1) is 14.5. The number of benzene rings is 1. The lowest BCUT2D eigenvalue weighted by Crippen LogP contribution is -2.17. The van der Waals surface area contributed by atoms with Crippen LogP contribution in [0.1, 0.15) is 24.5 Å². The normalized spacial score (nSPS) is 13.5. The van der Waals surface area contributed by atoms with Gasteiger partial charge < -0.3 is 15.5 Å². The Morgan fingerprint density at radius 1 is 1.40 bits per heavy atom. The number of amides is 2. The van der Waals surface area contributed by atoms with Crippen LogP contribution in [-0.4, -0.2) is 37.0 Å². The molecule has 0 unspecified atom stereocenters. The molecule has 0 radical (unpaired) electrons. The topological polar surface area (TPSA) is 99.1 Å². The van der Waals surface area contributed by atoms with Crippen molar-refractivity contribution in [1.82, 2.24) is 4.98 Å². The minimum absolute atomic E-state index is 0.0101. The summed E-state index contributed by atoms with van der Waals surface area (Å²) in [6.07, 6.45) is 6.01. The molecule has 0 bridgehead atoms. The molecule has 30 heavy (non-hydrogen) atoms. The number of aliphatic imine (C=N–C) groups is 2. The number of pyridine rings is 1. The van der Waals surface area contributed by atoms with E-state index < -0.39 is 0 Å². The van der Waals surface area contributed by atoms with Crippen molar-refractivity contribution < 1.29 is 9.59 Å². The second-order valence-corrected chi connectivity index (χ2v) is 6.77. The second kappa shape index (κ2) is 9.60. The Hall–Kier alpha value is -3.81. The first kappa shape index (κ1) is 20.9. The van der Waals surface area contributed by atoms with E-state index in [1.54, 1.807) is 13.2 Å². The molecule has 1 aromatic heterocycles. The van der Waals surface area contributed by atoms with E-state index in [4.69, 9.17) is 0 Å². The molecular weight excluding hydrogens is 380 g/mol. The molecular formula is C22H24N6O2. The summed E-state index contributed by atoms with van der Waals surface area (Å²) < 4.78 is 0. The largest absolute Gasteiger partial charge is 0.326 e. The van der Waals surface area contributed by atoms with Crippen molar-refractivity contribution in [1.29, 1.82) is 0 Å². The predicted molar refractivity (Wildman–Crippen MR) is 120 cm³/mol. The van der Waals surface area contributed by atoms with Gasteiger partial charge in [-0.05, 0) is 55.0 Å². The Morgan fingerprint density at radius 3 is 2.97 bits per heavy atom. The molecule has 1 aromatic carbocycles. The number of aromatic nitrogens is 1. The monoisotopic (exact) mass is 404 g/mol. The van der Waals surface area contributed by atoms with Crippen molar-refractivity contribution >= 4 is 42.2 Å². The van der Waals surface area contributed by atoms with E-state index in [1.165, 1.54) is 4.90 Å². The molecule has 8 heteroatoms. The fourth-order valence-electron chi connectivity index (χ4n) is 3.13. The van der Waals surface area contributed by atoms with Crippen molar-refractivity contribution in [3.05, 3.63) is 59.4 Å². The second-order valence-electron chi connectivity index (χ2n) is 6.77. The zero-order chi connectivity index (χ0) is 21.5. The average Bonchev–Trinajstić information content (AvgIpc) is 3.14. The summed E-state index contributed by atoms with van der Waals surface area (Å²) in [5.74, 6) is 0.977. The highest BCUT2D eigenvalue weighted by Gasteiger charge is 2.17. The SMILES string of the molecule is C=NC(=N/C(=C/Cc1cccnc1N(C)C=O)CC)Nc1ccc2c(c1)CC(=O)N2. The van der Waals surface area contributed by atoms with Gasteiger partial charge in [-0.3, -0.25) is 9.59 Å². The summed E-state index contributed by atoms with van der Waals surface area (Å²) in [6, 6.07) is 9.39. The maximum absolute atomic E-state index is 11.5. The number of allylic oxidation sites excluding steroid dienone is 2. The minimum atomic E-state index is -0.0101. The fourth-order valence-corrected chi connectivity index (χ4v) is 3.13. The van der Waals surface area contributed by atoms with Gasteiger partial charge in [0, 0.05) is 30.3 Å². The molecule has 0 saturated heterocycles. The lowest BCUT2D eigenvalue weighted by atomic mass is 10.1. The zero-order valence-electron chi connectivity index (χ0n) is 17.1. The average molecular weight is 404 g/mol. The molecule has 0 saturated carbocycles. The van der Waals surface area contributed by atoms with Crippen LogP contribution in [0.15, 0.2) is 58.3 Å². The van der Waals surface area contributed by atoms with E-state index in [1.807, 2.05) is 43.3 Å². The van der Waals surface area contributed by atoms with E-state index >= 15 is 0 Å². The molecule has 2 aromatic rings. The van der Waals surface area contributed by atoms with Crippen LogP contribution in [0.25, 0.3) is 0 Å². The van der Waals surface area contributed by atoms with E-state index in [9.17, 15) is 9.59 Å². The van der Waals surface area contributed by atoms with Gasteiger partial charge in [0.1, 0.15) is 5.82 Å². The van der Waals surface area contributed by atoms with Crippen molar-refractivity contribution in [3.8, 4) is 0 Å².